The highest BCUT2D eigenvalue weighted by atomic mass is 32.1. The van der Waals surface area contributed by atoms with Crippen LogP contribution in [-0.2, 0) is 0 Å². The van der Waals surface area contributed by atoms with Crippen molar-refractivity contribution in [2.24, 2.45) is 0 Å². The van der Waals surface area contributed by atoms with Crippen molar-refractivity contribution in [1.29, 1.82) is 0 Å². The number of carbonyl (C=O) groups excluding carboxylic acids is 1. The van der Waals surface area contributed by atoms with Crippen molar-refractivity contribution in [2.75, 3.05) is 42.9 Å². The van der Waals surface area contributed by atoms with E-state index >= 15 is 0 Å². The first-order chi connectivity index (χ1) is 10.8. The van der Waals surface area contributed by atoms with Crippen LogP contribution in [0.1, 0.15) is 16.6 Å². The zero-order chi connectivity index (χ0) is 15.4. The van der Waals surface area contributed by atoms with Crippen molar-refractivity contribution in [1.82, 2.24) is 4.90 Å². The van der Waals surface area contributed by atoms with Crippen molar-refractivity contribution in [3.63, 3.8) is 0 Å². The maximum absolute atomic E-state index is 12.3. The van der Waals surface area contributed by atoms with Crippen molar-refractivity contribution < 1.29 is 4.79 Å². The van der Waals surface area contributed by atoms with Crippen LogP contribution in [0.4, 0.5) is 11.4 Å². The van der Waals surface area contributed by atoms with Crippen molar-refractivity contribution in [2.45, 2.75) is 6.92 Å². The predicted octanol–water partition coefficient (Wildman–Crippen LogP) is 3.14. The van der Waals surface area contributed by atoms with Crippen LogP contribution >= 0.6 is 11.3 Å². The maximum Gasteiger partial charge on any atom is 0.265 e. The zero-order valence-electron chi connectivity index (χ0n) is 12.8. The first kappa shape index (κ1) is 15.1. The molecule has 0 aliphatic carbocycles. The number of amides is 1. The molecule has 5 heteroatoms. The molecule has 1 aliphatic rings. The summed E-state index contributed by atoms with van der Waals surface area (Å²) in [7, 11) is 0. The molecule has 1 N–H and O–H groups in total. The van der Waals surface area contributed by atoms with E-state index in [0.717, 1.165) is 49.0 Å². The van der Waals surface area contributed by atoms with E-state index in [9.17, 15) is 4.79 Å². The van der Waals surface area contributed by atoms with Crippen molar-refractivity contribution in [3.8, 4) is 0 Å². The van der Waals surface area contributed by atoms with Gasteiger partial charge in [-0.3, -0.25) is 4.79 Å². The minimum absolute atomic E-state index is 0.0327. The predicted molar refractivity (Wildman–Crippen MR) is 93.0 cm³/mol. The second-order valence-electron chi connectivity index (χ2n) is 5.37. The highest BCUT2D eigenvalue weighted by Gasteiger charge is 2.19. The number of likely N-dealkylation sites (N-methyl/N-ethyl adjacent to an activating group) is 1. The van der Waals surface area contributed by atoms with E-state index in [0.29, 0.717) is 0 Å². The van der Waals surface area contributed by atoms with E-state index < -0.39 is 0 Å². The third kappa shape index (κ3) is 3.31. The number of piperazine rings is 1. The molecular weight excluding hydrogens is 294 g/mol. The molecule has 2 heterocycles. The van der Waals surface area contributed by atoms with Crippen LogP contribution in [0, 0.1) is 0 Å². The Morgan fingerprint density at radius 1 is 1.14 bits per heavy atom. The van der Waals surface area contributed by atoms with Gasteiger partial charge in [0.05, 0.1) is 16.3 Å². The molecule has 1 saturated heterocycles. The van der Waals surface area contributed by atoms with Gasteiger partial charge in [-0.1, -0.05) is 25.1 Å². The van der Waals surface area contributed by atoms with Crippen LogP contribution in [-0.4, -0.2) is 43.5 Å². The number of para-hydroxylation sites is 2. The lowest BCUT2D eigenvalue weighted by atomic mass is 10.2. The second-order valence-corrected chi connectivity index (χ2v) is 6.32. The summed E-state index contributed by atoms with van der Waals surface area (Å²) < 4.78 is 0. The second kappa shape index (κ2) is 6.94. The Labute approximate surface area is 135 Å². The van der Waals surface area contributed by atoms with Gasteiger partial charge in [-0.05, 0) is 30.1 Å². The Morgan fingerprint density at radius 2 is 1.91 bits per heavy atom. The molecule has 116 valence electrons. The molecule has 0 bridgehead atoms. The van der Waals surface area contributed by atoms with Crippen LogP contribution in [0.25, 0.3) is 0 Å². The lowest BCUT2D eigenvalue weighted by Crippen LogP contribution is -2.46. The van der Waals surface area contributed by atoms with E-state index in [1.807, 2.05) is 35.7 Å². The van der Waals surface area contributed by atoms with Gasteiger partial charge in [-0.15, -0.1) is 11.3 Å². The van der Waals surface area contributed by atoms with Gasteiger partial charge in [0.1, 0.15) is 0 Å². The smallest absolute Gasteiger partial charge is 0.265 e. The summed E-state index contributed by atoms with van der Waals surface area (Å²) in [5.74, 6) is -0.0327. The number of hydrogen-bond acceptors (Lipinski definition) is 4. The fraction of sp³-hybridized carbons (Fsp3) is 0.353. The standard InChI is InChI=1S/C17H21N3OS/c1-2-19-9-11-20(12-10-19)15-7-4-3-6-14(15)18-17(21)16-8-5-13-22-16/h3-8,13H,2,9-12H2,1H3,(H,18,21). The van der Waals surface area contributed by atoms with Gasteiger partial charge in [0.15, 0.2) is 0 Å². The number of nitrogens with zero attached hydrogens (tertiary/aromatic N) is 2. The van der Waals surface area contributed by atoms with Crippen LogP contribution in [0.15, 0.2) is 41.8 Å². The molecule has 2 aromatic rings. The average molecular weight is 315 g/mol. The van der Waals surface area contributed by atoms with Crippen LogP contribution in [0.3, 0.4) is 0 Å². The van der Waals surface area contributed by atoms with Gasteiger partial charge in [-0.2, -0.15) is 0 Å². The minimum Gasteiger partial charge on any atom is -0.367 e. The minimum atomic E-state index is -0.0327. The third-order valence-corrected chi connectivity index (χ3v) is 4.93. The third-order valence-electron chi connectivity index (χ3n) is 4.06. The summed E-state index contributed by atoms with van der Waals surface area (Å²) >= 11 is 1.46. The van der Waals surface area contributed by atoms with Gasteiger partial charge < -0.3 is 15.1 Å². The van der Waals surface area contributed by atoms with Gasteiger partial charge in [0, 0.05) is 26.2 Å². The van der Waals surface area contributed by atoms with E-state index in [2.05, 4.69) is 28.1 Å². The molecule has 1 fully saturated rings. The summed E-state index contributed by atoms with van der Waals surface area (Å²) in [6.07, 6.45) is 0. The molecule has 0 unspecified atom stereocenters. The van der Waals surface area contributed by atoms with E-state index in [1.165, 1.54) is 11.3 Å². The molecule has 0 saturated carbocycles. The molecule has 3 rings (SSSR count). The van der Waals surface area contributed by atoms with E-state index in [4.69, 9.17) is 0 Å². The van der Waals surface area contributed by atoms with E-state index in [1.54, 1.807) is 0 Å². The summed E-state index contributed by atoms with van der Waals surface area (Å²) in [6.45, 7) is 7.45. The lowest BCUT2D eigenvalue weighted by Gasteiger charge is -2.36. The summed E-state index contributed by atoms with van der Waals surface area (Å²) in [5.41, 5.74) is 2.01. The fourth-order valence-corrected chi connectivity index (χ4v) is 3.37. The number of anilines is 2. The molecule has 0 spiro atoms. The van der Waals surface area contributed by atoms with Crippen LogP contribution < -0.4 is 10.2 Å². The largest absolute Gasteiger partial charge is 0.367 e. The van der Waals surface area contributed by atoms with Gasteiger partial charge in [0.25, 0.3) is 5.91 Å². The van der Waals surface area contributed by atoms with Crippen molar-refractivity contribution in [3.05, 3.63) is 46.7 Å². The van der Waals surface area contributed by atoms with Crippen LogP contribution in [0.2, 0.25) is 0 Å². The number of hydrogen-bond donors (Lipinski definition) is 1. The molecular formula is C17H21N3OS. The monoisotopic (exact) mass is 315 g/mol. The Bertz CT molecular complexity index is 619. The van der Waals surface area contributed by atoms with E-state index in [-0.39, 0.29) is 5.91 Å². The zero-order valence-corrected chi connectivity index (χ0v) is 13.6. The molecule has 1 aromatic heterocycles. The fourth-order valence-electron chi connectivity index (χ4n) is 2.75. The highest BCUT2D eigenvalue weighted by Crippen LogP contribution is 2.27. The number of benzene rings is 1. The Kier molecular flexibility index (Phi) is 4.75. The number of thiophene rings is 1. The number of nitrogens with one attached hydrogen (secondary N) is 1. The first-order valence-corrected chi connectivity index (χ1v) is 8.57. The Balaban J connectivity index is 1.74. The molecule has 0 atom stereocenters. The van der Waals surface area contributed by atoms with Gasteiger partial charge in [0.2, 0.25) is 0 Å². The lowest BCUT2D eigenvalue weighted by molar-refractivity contribution is 0.103. The first-order valence-electron chi connectivity index (χ1n) is 7.69. The molecule has 1 aromatic carbocycles. The molecule has 0 radical (unpaired) electrons. The number of rotatable bonds is 4. The topological polar surface area (TPSA) is 35.6 Å². The molecule has 1 aliphatic heterocycles. The maximum atomic E-state index is 12.3. The Morgan fingerprint density at radius 3 is 2.59 bits per heavy atom. The molecule has 4 nitrogen and oxygen atoms in total. The molecule has 1 amide bonds. The quantitative estimate of drug-likeness (QED) is 0.941. The Hall–Kier alpha value is -1.85. The SMILES string of the molecule is CCN1CCN(c2ccccc2NC(=O)c2cccs2)CC1. The van der Waals surface area contributed by atoms with Crippen molar-refractivity contribution >= 4 is 28.6 Å². The summed E-state index contributed by atoms with van der Waals surface area (Å²) in [6, 6.07) is 11.8. The van der Waals surface area contributed by atoms with Gasteiger partial charge in [-0.25, -0.2) is 0 Å². The molecule has 22 heavy (non-hydrogen) atoms. The normalized spacial score (nSPS) is 15.8. The van der Waals surface area contributed by atoms with Crippen LogP contribution in [0.5, 0.6) is 0 Å². The number of carbonyl (C=O) groups is 1. The average Bonchev–Trinajstić information content (AvgIpc) is 3.10. The summed E-state index contributed by atoms with van der Waals surface area (Å²) in [5, 5.41) is 4.97. The summed E-state index contributed by atoms with van der Waals surface area (Å²) in [4.78, 5) is 17.8. The highest BCUT2D eigenvalue weighted by molar-refractivity contribution is 7.12. The van der Waals surface area contributed by atoms with Gasteiger partial charge >= 0.3 is 0 Å².